The number of hydrogen-bond donors (Lipinski definition) is 1. The summed E-state index contributed by atoms with van der Waals surface area (Å²) in [5.74, 6) is -1.33. The number of aromatic hydroxyl groups is 1. The lowest BCUT2D eigenvalue weighted by Crippen LogP contribution is -2.51. The minimum Gasteiger partial charge on any atom is -0.507 e. The normalized spacial score (nSPS) is 18.5. The van der Waals surface area contributed by atoms with Gasteiger partial charge in [0.2, 0.25) is 5.91 Å². The number of ether oxygens (including phenoxy) is 4. The van der Waals surface area contributed by atoms with Crippen molar-refractivity contribution in [1.29, 1.82) is 0 Å². The van der Waals surface area contributed by atoms with Crippen LogP contribution >= 0.6 is 0 Å². The van der Waals surface area contributed by atoms with E-state index < -0.39 is 23.6 Å². The van der Waals surface area contributed by atoms with Gasteiger partial charge in [-0.3, -0.25) is 9.59 Å². The summed E-state index contributed by atoms with van der Waals surface area (Å²) in [5.41, 5.74) is 3.09. The van der Waals surface area contributed by atoms with Crippen LogP contribution in [0, 0.1) is 5.92 Å². The van der Waals surface area contributed by atoms with Crippen molar-refractivity contribution in [1.82, 2.24) is 4.90 Å². The molecule has 6 rings (SSSR count). The Kier molecular flexibility index (Phi) is 11.3. The molecule has 1 aliphatic carbocycles. The van der Waals surface area contributed by atoms with Crippen LogP contribution in [0.25, 0.3) is 11.1 Å². The van der Waals surface area contributed by atoms with Crippen molar-refractivity contribution in [2.24, 2.45) is 5.92 Å². The number of nitrogens with zero attached hydrogens (tertiary/aromatic N) is 3. The van der Waals surface area contributed by atoms with Gasteiger partial charge < -0.3 is 38.8 Å². The van der Waals surface area contributed by atoms with E-state index >= 15 is 4.79 Å². The van der Waals surface area contributed by atoms with E-state index in [2.05, 4.69) is 0 Å². The smallest absolute Gasteiger partial charge is 0.410 e. The quantitative estimate of drug-likeness (QED) is 0.173. The SMILES string of the molecule is CCOC(=O)c1cc(-c2cccc([C@H]3CCN(C(=O)OC(C)(C)C)CC3C(=O)N(c3ccc4c(c3)N(CCCOC)C(=O)CO4)C3CC3)c2)ccc1O. The van der Waals surface area contributed by atoms with Crippen molar-refractivity contribution in [3.63, 3.8) is 0 Å². The first kappa shape index (κ1) is 37.7. The minimum absolute atomic E-state index is 0.0233. The van der Waals surface area contributed by atoms with Gasteiger partial charge in [0, 0.05) is 45.1 Å². The summed E-state index contributed by atoms with van der Waals surface area (Å²) in [5, 5.41) is 10.4. The maximum atomic E-state index is 15.1. The van der Waals surface area contributed by atoms with Gasteiger partial charge in [0.15, 0.2) is 6.61 Å². The van der Waals surface area contributed by atoms with Crippen LogP contribution in [0.3, 0.4) is 0 Å². The average molecular weight is 728 g/mol. The molecule has 12 heteroatoms. The molecule has 0 spiro atoms. The molecule has 1 N–H and O–H groups in total. The monoisotopic (exact) mass is 727 g/mol. The summed E-state index contributed by atoms with van der Waals surface area (Å²) in [7, 11) is 1.63. The molecular formula is C41H49N3O9. The third-order valence-electron chi connectivity index (χ3n) is 9.77. The number of hydrogen-bond acceptors (Lipinski definition) is 9. The lowest BCUT2D eigenvalue weighted by atomic mass is 9.78. The summed E-state index contributed by atoms with van der Waals surface area (Å²) in [6.45, 7) is 8.81. The molecule has 1 saturated carbocycles. The van der Waals surface area contributed by atoms with Crippen LogP contribution in [-0.4, -0.2) is 92.1 Å². The highest BCUT2D eigenvalue weighted by atomic mass is 16.6. The average Bonchev–Trinajstić information content (AvgIpc) is 3.97. The number of rotatable bonds is 11. The largest absolute Gasteiger partial charge is 0.507 e. The zero-order valence-electron chi connectivity index (χ0n) is 31.1. The van der Waals surface area contributed by atoms with E-state index in [-0.39, 0.29) is 54.8 Å². The number of piperidine rings is 1. The number of benzene rings is 3. The summed E-state index contributed by atoms with van der Waals surface area (Å²) in [4.78, 5) is 59.2. The van der Waals surface area contributed by atoms with Gasteiger partial charge in [-0.1, -0.05) is 30.3 Å². The van der Waals surface area contributed by atoms with Crippen LogP contribution in [0.5, 0.6) is 11.5 Å². The van der Waals surface area contributed by atoms with Gasteiger partial charge in [-0.25, -0.2) is 9.59 Å². The molecule has 282 valence electrons. The van der Waals surface area contributed by atoms with E-state index in [0.717, 1.165) is 24.0 Å². The number of fused-ring (bicyclic) bond motifs is 1. The van der Waals surface area contributed by atoms with Crippen LogP contribution in [-0.2, 0) is 23.8 Å². The summed E-state index contributed by atoms with van der Waals surface area (Å²) < 4.78 is 21.9. The first-order chi connectivity index (χ1) is 25.4. The third-order valence-corrected chi connectivity index (χ3v) is 9.77. The summed E-state index contributed by atoms with van der Waals surface area (Å²) in [6, 6.07) is 18.2. The van der Waals surface area contributed by atoms with E-state index in [4.69, 9.17) is 18.9 Å². The fraction of sp³-hybridized carbons (Fsp3) is 0.463. The molecule has 2 aliphatic heterocycles. The van der Waals surface area contributed by atoms with E-state index in [1.807, 2.05) is 68.1 Å². The first-order valence-corrected chi connectivity index (χ1v) is 18.4. The van der Waals surface area contributed by atoms with Gasteiger partial charge in [-0.05, 0) is 106 Å². The molecule has 0 aromatic heterocycles. The van der Waals surface area contributed by atoms with Crippen molar-refractivity contribution >= 4 is 35.3 Å². The number of phenols is 1. The van der Waals surface area contributed by atoms with Crippen molar-refractivity contribution in [2.75, 3.05) is 56.4 Å². The topological polar surface area (TPSA) is 135 Å². The van der Waals surface area contributed by atoms with Crippen molar-refractivity contribution < 1.29 is 43.2 Å². The van der Waals surface area contributed by atoms with Gasteiger partial charge >= 0.3 is 12.1 Å². The number of methoxy groups -OCH3 is 1. The number of esters is 1. The second-order valence-electron chi connectivity index (χ2n) is 14.8. The van der Waals surface area contributed by atoms with Crippen molar-refractivity contribution in [2.45, 2.75) is 70.9 Å². The molecule has 1 saturated heterocycles. The summed E-state index contributed by atoms with van der Waals surface area (Å²) in [6.07, 6.45) is 2.37. The molecule has 2 heterocycles. The first-order valence-electron chi connectivity index (χ1n) is 18.4. The maximum Gasteiger partial charge on any atom is 0.410 e. The van der Waals surface area contributed by atoms with Crippen LogP contribution in [0.1, 0.15) is 75.2 Å². The Morgan fingerprint density at radius 2 is 1.77 bits per heavy atom. The minimum atomic E-state index is -0.702. The van der Waals surface area contributed by atoms with Crippen molar-refractivity contribution in [3.05, 3.63) is 71.8 Å². The van der Waals surface area contributed by atoms with Crippen LogP contribution in [0.15, 0.2) is 60.7 Å². The Morgan fingerprint density at radius 3 is 2.49 bits per heavy atom. The number of amides is 3. The molecule has 3 aromatic carbocycles. The molecule has 3 aliphatic rings. The Balaban J connectivity index is 1.36. The zero-order chi connectivity index (χ0) is 37.9. The number of anilines is 2. The number of carbonyl (C=O) groups excluding carboxylic acids is 4. The van der Waals surface area contributed by atoms with E-state index in [1.54, 1.807) is 36.0 Å². The van der Waals surface area contributed by atoms with E-state index in [1.165, 1.54) is 6.07 Å². The van der Waals surface area contributed by atoms with Crippen LogP contribution < -0.4 is 14.5 Å². The molecular weight excluding hydrogens is 678 g/mol. The second kappa shape index (κ2) is 15.9. The highest BCUT2D eigenvalue weighted by Gasteiger charge is 2.44. The fourth-order valence-electron chi connectivity index (χ4n) is 7.11. The molecule has 53 heavy (non-hydrogen) atoms. The molecule has 2 atom stereocenters. The van der Waals surface area contributed by atoms with Gasteiger partial charge in [0.05, 0.1) is 18.2 Å². The molecule has 3 amide bonds. The second-order valence-corrected chi connectivity index (χ2v) is 14.8. The molecule has 0 bridgehead atoms. The van der Waals surface area contributed by atoms with Gasteiger partial charge in [0.25, 0.3) is 5.91 Å². The van der Waals surface area contributed by atoms with E-state index in [9.17, 15) is 19.5 Å². The predicted octanol–water partition coefficient (Wildman–Crippen LogP) is 6.53. The Morgan fingerprint density at radius 1 is 1.00 bits per heavy atom. The molecule has 1 unspecified atom stereocenters. The highest BCUT2D eigenvalue weighted by molar-refractivity contribution is 6.01. The standard InChI is InChI=1S/C41H49N3O9/c1-6-51-39(48)32-22-27(11-15-35(32)45)26-9-7-10-28(21-26)31-17-19-42(40(49)53-41(2,3)4)24-33(31)38(47)44(29-12-13-29)30-14-16-36-34(23-30)43(18-8-20-50-5)37(46)25-52-36/h7,9-11,14-16,21-23,29,31,33,45H,6,8,12-13,17-20,24-25H2,1-5H3/t31-,33?/m1/s1. The Labute approximate surface area is 310 Å². The molecule has 2 fully saturated rings. The summed E-state index contributed by atoms with van der Waals surface area (Å²) >= 11 is 0. The van der Waals surface area contributed by atoms with Crippen LogP contribution in [0.2, 0.25) is 0 Å². The fourth-order valence-corrected chi connectivity index (χ4v) is 7.11. The Bertz CT molecular complexity index is 1850. The maximum absolute atomic E-state index is 15.1. The highest BCUT2D eigenvalue weighted by Crippen LogP contribution is 2.43. The van der Waals surface area contributed by atoms with E-state index in [0.29, 0.717) is 55.2 Å². The van der Waals surface area contributed by atoms with Gasteiger partial charge in [-0.15, -0.1) is 0 Å². The third kappa shape index (κ3) is 8.59. The molecule has 0 radical (unpaired) electrons. The van der Waals surface area contributed by atoms with Gasteiger partial charge in [0.1, 0.15) is 22.7 Å². The number of likely N-dealkylation sites (tertiary alicyclic amines) is 1. The molecule has 3 aromatic rings. The lowest BCUT2D eigenvalue weighted by molar-refractivity contribution is -0.124. The number of phenolic OH excluding ortho intramolecular Hbond substituents is 1. The van der Waals surface area contributed by atoms with Crippen LogP contribution in [0.4, 0.5) is 16.2 Å². The lowest BCUT2D eigenvalue weighted by Gasteiger charge is -2.41. The molecule has 12 nitrogen and oxygen atoms in total. The predicted molar refractivity (Wildman–Crippen MR) is 199 cm³/mol. The Hall–Kier alpha value is -5.10. The zero-order valence-corrected chi connectivity index (χ0v) is 31.1. The van der Waals surface area contributed by atoms with Gasteiger partial charge in [-0.2, -0.15) is 0 Å². The number of carbonyl (C=O) groups is 4. The van der Waals surface area contributed by atoms with Crippen molar-refractivity contribution in [3.8, 4) is 22.6 Å².